The van der Waals surface area contributed by atoms with E-state index in [1.165, 1.54) is 6.26 Å². The summed E-state index contributed by atoms with van der Waals surface area (Å²) in [7, 11) is 1.72. The first-order valence-corrected chi connectivity index (χ1v) is 7.09. The summed E-state index contributed by atoms with van der Waals surface area (Å²) < 4.78 is 16.7. The maximum atomic E-state index is 12.3. The molecule has 0 saturated carbocycles. The topological polar surface area (TPSA) is 77.9 Å². The minimum absolute atomic E-state index is 0.133. The number of ether oxygens (including phenoxy) is 2. The molecule has 0 aliphatic carbocycles. The SMILES string of the molecule is CN(CC1COc2ccccc2O1)C(=O)c1coc(CN)c1. The van der Waals surface area contributed by atoms with Crippen LogP contribution < -0.4 is 15.2 Å². The highest BCUT2D eigenvalue weighted by atomic mass is 16.6. The lowest BCUT2D eigenvalue weighted by Crippen LogP contribution is -2.41. The molecule has 1 aliphatic rings. The van der Waals surface area contributed by atoms with Crippen molar-refractivity contribution in [1.29, 1.82) is 0 Å². The van der Waals surface area contributed by atoms with Crippen molar-refractivity contribution in [3.05, 3.63) is 47.9 Å². The lowest BCUT2D eigenvalue weighted by atomic mass is 10.2. The highest BCUT2D eigenvalue weighted by Crippen LogP contribution is 2.31. The predicted octanol–water partition coefficient (Wildman–Crippen LogP) is 1.65. The smallest absolute Gasteiger partial charge is 0.256 e. The molecule has 1 aromatic heterocycles. The van der Waals surface area contributed by atoms with Gasteiger partial charge in [0.25, 0.3) is 5.91 Å². The van der Waals surface area contributed by atoms with Crippen LogP contribution in [0.15, 0.2) is 41.0 Å². The molecular weight excluding hydrogens is 284 g/mol. The Bertz CT molecular complexity index is 668. The van der Waals surface area contributed by atoms with Gasteiger partial charge >= 0.3 is 0 Å². The maximum Gasteiger partial charge on any atom is 0.256 e. The standard InChI is InChI=1S/C16H18N2O4/c1-18(16(19)11-6-12(7-17)20-9-11)8-13-10-21-14-4-2-3-5-15(14)22-13/h2-6,9,13H,7-8,10,17H2,1H3. The van der Waals surface area contributed by atoms with E-state index in [9.17, 15) is 4.79 Å². The summed E-state index contributed by atoms with van der Waals surface area (Å²) in [6, 6.07) is 9.16. The van der Waals surface area contributed by atoms with Crippen molar-refractivity contribution in [2.24, 2.45) is 5.73 Å². The van der Waals surface area contributed by atoms with Gasteiger partial charge in [0.05, 0.1) is 18.7 Å². The van der Waals surface area contributed by atoms with Crippen molar-refractivity contribution in [3.8, 4) is 11.5 Å². The fourth-order valence-corrected chi connectivity index (χ4v) is 2.36. The molecule has 6 heteroatoms. The highest BCUT2D eigenvalue weighted by molar-refractivity contribution is 5.93. The zero-order chi connectivity index (χ0) is 15.5. The number of nitrogens with zero attached hydrogens (tertiary/aromatic N) is 1. The fraction of sp³-hybridized carbons (Fsp3) is 0.312. The Morgan fingerprint density at radius 3 is 2.86 bits per heavy atom. The summed E-state index contributed by atoms with van der Waals surface area (Å²) in [5.41, 5.74) is 5.97. The molecule has 2 aromatic rings. The van der Waals surface area contributed by atoms with Crippen LogP contribution in [0.5, 0.6) is 11.5 Å². The number of carbonyl (C=O) groups is 1. The van der Waals surface area contributed by atoms with Gasteiger partial charge in [-0.05, 0) is 18.2 Å². The number of amides is 1. The van der Waals surface area contributed by atoms with Crippen LogP contribution in [0.1, 0.15) is 16.1 Å². The molecule has 116 valence electrons. The third kappa shape index (κ3) is 2.92. The zero-order valence-electron chi connectivity index (χ0n) is 12.3. The largest absolute Gasteiger partial charge is 0.486 e. The molecule has 2 heterocycles. The Morgan fingerprint density at radius 1 is 1.36 bits per heavy atom. The molecule has 0 spiro atoms. The second kappa shape index (κ2) is 6.11. The highest BCUT2D eigenvalue weighted by Gasteiger charge is 2.24. The number of hydrogen-bond acceptors (Lipinski definition) is 5. The summed E-state index contributed by atoms with van der Waals surface area (Å²) in [6.45, 7) is 1.11. The Kier molecular flexibility index (Phi) is 4.02. The molecule has 3 rings (SSSR count). The quantitative estimate of drug-likeness (QED) is 0.929. The van der Waals surface area contributed by atoms with E-state index in [2.05, 4.69) is 0 Å². The van der Waals surface area contributed by atoms with Gasteiger partial charge < -0.3 is 24.5 Å². The third-order valence-electron chi connectivity index (χ3n) is 3.49. The van der Waals surface area contributed by atoms with E-state index < -0.39 is 0 Å². The average Bonchev–Trinajstić information content (AvgIpc) is 3.03. The summed E-state index contributed by atoms with van der Waals surface area (Å²) in [5.74, 6) is 1.89. The van der Waals surface area contributed by atoms with E-state index in [0.717, 1.165) is 5.75 Å². The van der Waals surface area contributed by atoms with Crippen LogP contribution in [0.3, 0.4) is 0 Å². The van der Waals surface area contributed by atoms with Gasteiger partial charge in [-0.1, -0.05) is 12.1 Å². The van der Waals surface area contributed by atoms with E-state index in [-0.39, 0.29) is 18.6 Å². The molecule has 0 bridgehead atoms. The number of likely N-dealkylation sites (N-methyl/N-ethyl adjacent to an activating group) is 1. The van der Waals surface area contributed by atoms with E-state index in [0.29, 0.717) is 30.2 Å². The molecule has 2 N–H and O–H groups in total. The number of rotatable bonds is 4. The third-order valence-corrected chi connectivity index (χ3v) is 3.49. The summed E-state index contributed by atoms with van der Waals surface area (Å²) in [6.07, 6.45) is 1.22. The van der Waals surface area contributed by atoms with Crippen molar-refractivity contribution >= 4 is 5.91 Å². The van der Waals surface area contributed by atoms with Crippen molar-refractivity contribution < 1.29 is 18.7 Å². The van der Waals surface area contributed by atoms with Crippen molar-refractivity contribution in [2.75, 3.05) is 20.2 Å². The molecular formula is C16H18N2O4. The van der Waals surface area contributed by atoms with Crippen LogP contribution in [0.2, 0.25) is 0 Å². The van der Waals surface area contributed by atoms with Crippen molar-refractivity contribution in [3.63, 3.8) is 0 Å². The van der Waals surface area contributed by atoms with Gasteiger partial charge in [0, 0.05) is 7.05 Å². The second-order valence-electron chi connectivity index (χ2n) is 5.19. The molecule has 0 saturated heterocycles. The van der Waals surface area contributed by atoms with E-state index in [1.54, 1.807) is 18.0 Å². The van der Waals surface area contributed by atoms with Crippen LogP contribution in [0.4, 0.5) is 0 Å². The monoisotopic (exact) mass is 302 g/mol. The molecule has 22 heavy (non-hydrogen) atoms. The van der Waals surface area contributed by atoms with Gasteiger partial charge in [-0.3, -0.25) is 4.79 Å². The predicted molar refractivity (Wildman–Crippen MR) is 79.9 cm³/mol. The number of hydrogen-bond donors (Lipinski definition) is 1. The lowest BCUT2D eigenvalue weighted by molar-refractivity contribution is 0.0520. The molecule has 1 amide bonds. The first-order valence-electron chi connectivity index (χ1n) is 7.09. The van der Waals surface area contributed by atoms with E-state index >= 15 is 0 Å². The fourth-order valence-electron chi connectivity index (χ4n) is 2.36. The van der Waals surface area contributed by atoms with Crippen LogP contribution >= 0.6 is 0 Å². The van der Waals surface area contributed by atoms with Crippen molar-refractivity contribution in [2.45, 2.75) is 12.6 Å². The van der Waals surface area contributed by atoms with Gasteiger partial charge in [-0.2, -0.15) is 0 Å². The van der Waals surface area contributed by atoms with Crippen LogP contribution in [0, 0.1) is 0 Å². The van der Waals surface area contributed by atoms with Gasteiger partial charge in [-0.25, -0.2) is 0 Å². The normalized spacial score (nSPS) is 16.4. The Balaban J connectivity index is 1.62. The molecule has 6 nitrogen and oxygen atoms in total. The summed E-state index contributed by atoms with van der Waals surface area (Å²) in [5, 5.41) is 0. The zero-order valence-corrected chi connectivity index (χ0v) is 12.3. The Labute approximate surface area is 128 Å². The average molecular weight is 302 g/mol. The minimum Gasteiger partial charge on any atom is -0.486 e. The van der Waals surface area contributed by atoms with Gasteiger partial charge in [0.2, 0.25) is 0 Å². The van der Waals surface area contributed by atoms with E-state index in [4.69, 9.17) is 19.6 Å². The number of carbonyl (C=O) groups excluding carboxylic acids is 1. The maximum absolute atomic E-state index is 12.3. The van der Waals surface area contributed by atoms with Gasteiger partial charge in [-0.15, -0.1) is 0 Å². The van der Waals surface area contributed by atoms with Crippen LogP contribution in [-0.2, 0) is 6.54 Å². The number of nitrogens with two attached hydrogens (primary N) is 1. The Morgan fingerprint density at radius 2 is 2.14 bits per heavy atom. The molecule has 1 unspecified atom stereocenters. The van der Waals surface area contributed by atoms with Crippen LogP contribution in [0.25, 0.3) is 0 Å². The van der Waals surface area contributed by atoms with Crippen molar-refractivity contribution in [1.82, 2.24) is 4.90 Å². The molecule has 1 aromatic carbocycles. The summed E-state index contributed by atoms with van der Waals surface area (Å²) in [4.78, 5) is 13.9. The van der Waals surface area contributed by atoms with Gasteiger partial charge in [0.15, 0.2) is 17.6 Å². The second-order valence-corrected chi connectivity index (χ2v) is 5.19. The molecule has 1 atom stereocenters. The van der Waals surface area contributed by atoms with E-state index in [1.807, 2.05) is 24.3 Å². The number of furan rings is 1. The molecule has 0 radical (unpaired) electrons. The number of para-hydroxylation sites is 2. The molecule has 0 fully saturated rings. The van der Waals surface area contributed by atoms with Gasteiger partial charge in [0.1, 0.15) is 18.6 Å². The molecule has 1 aliphatic heterocycles. The number of benzene rings is 1. The summed E-state index contributed by atoms with van der Waals surface area (Å²) >= 11 is 0. The minimum atomic E-state index is -0.204. The first kappa shape index (κ1) is 14.5. The van der Waals surface area contributed by atoms with Crippen LogP contribution in [-0.4, -0.2) is 37.1 Å². The lowest BCUT2D eigenvalue weighted by Gasteiger charge is -2.29. The Hall–Kier alpha value is -2.47. The number of fused-ring (bicyclic) bond motifs is 1. The first-order chi connectivity index (χ1) is 10.7.